The molecular formula is C23H16F3N3O. The lowest BCUT2D eigenvalue weighted by Crippen LogP contribution is -2.20. The summed E-state index contributed by atoms with van der Waals surface area (Å²) in [5.74, 6) is 0.322. The molecule has 5 rings (SSSR count). The zero-order chi connectivity index (χ0) is 20.7. The van der Waals surface area contributed by atoms with Crippen LogP contribution in [-0.2, 0) is 0 Å². The first-order chi connectivity index (χ1) is 14.6. The summed E-state index contributed by atoms with van der Waals surface area (Å²) in [6, 6.07) is 19.9. The number of ether oxygens (including phenoxy) is 1. The lowest BCUT2D eigenvalue weighted by molar-refractivity contribution is -0.0505. The van der Waals surface area contributed by atoms with Crippen LogP contribution in [0.15, 0.2) is 78.9 Å². The molecule has 30 heavy (non-hydrogen) atoms. The number of fused-ring (bicyclic) bond motifs is 3. The molecule has 4 aromatic rings. The number of allylic oxidation sites excluding steroid dienone is 1. The Kier molecular flexibility index (Phi) is 4.43. The van der Waals surface area contributed by atoms with Crippen LogP contribution in [0.3, 0.4) is 0 Å². The maximum Gasteiger partial charge on any atom is 0.387 e. The molecule has 0 fully saturated rings. The number of nitrogens with zero attached hydrogens (tertiary/aromatic N) is 2. The molecule has 0 unspecified atom stereocenters. The average Bonchev–Trinajstić information content (AvgIpc) is 3.12. The van der Waals surface area contributed by atoms with Gasteiger partial charge in [0.1, 0.15) is 11.6 Å². The molecule has 0 saturated carbocycles. The second kappa shape index (κ2) is 7.26. The number of nitrogens with one attached hydrogen (secondary N) is 1. The van der Waals surface area contributed by atoms with Crippen LogP contribution in [0.4, 0.5) is 19.1 Å². The highest BCUT2D eigenvalue weighted by molar-refractivity contribution is 5.85. The minimum Gasteiger partial charge on any atom is -0.434 e. The van der Waals surface area contributed by atoms with E-state index in [1.165, 1.54) is 18.2 Å². The molecule has 1 atom stereocenters. The van der Waals surface area contributed by atoms with E-state index >= 15 is 0 Å². The molecule has 7 heteroatoms. The SMILES string of the molecule is Fc1ccc(C2=C[C@H](c3ccccc3OC(F)F)n3c(nc4ccccc43)N2)cc1. The fourth-order valence-electron chi connectivity index (χ4n) is 3.76. The second-order valence-corrected chi connectivity index (χ2v) is 6.87. The minimum absolute atomic E-state index is 0.0952. The number of hydrogen-bond acceptors (Lipinski definition) is 3. The molecule has 0 bridgehead atoms. The predicted molar refractivity (Wildman–Crippen MR) is 109 cm³/mol. The van der Waals surface area contributed by atoms with Crippen molar-refractivity contribution < 1.29 is 17.9 Å². The van der Waals surface area contributed by atoms with Crippen molar-refractivity contribution in [1.29, 1.82) is 0 Å². The van der Waals surface area contributed by atoms with Gasteiger partial charge >= 0.3 is 6.61 Å². The summed E-state index contributed by atoms with van der Waals surface area (Å²) in [6.45, 7) is -2.94. The van der Waals surface area contributed by atoms with Gasteiger partial charge in [0, 0.05) is 11.3 Å². The van der Waals surface area contributed by atoms with Gasteiger partial charge in [0.15, 0.2) is 0 Å². The lowest BCUT2D eigenvalue weighted by Gasteiger charge is -2.27. The van der Waals surface area contributed by atoms with Gasteiger partial charge in [-0.3, -0.25) is 4.57 Å². The van der Waals surface area contributed by atoms with Gasteiger partial charge in [-0.1, -0.05) is 30.3 Å². The fraction of sp³-hybridized carbons (Fsp3) is 0.0870. The Morgan fingerprint density at radius 3 is 2.47 bits per heavy atom. The third-order valence-corrected chi connectivity index (χ3v) is 5.05. The van der Waals surface area contributed by atoms with E-state index < -0.39 is 12.7 Å². The number of anilines is 1. The number of aromatic nitrogens is 2. The number of alkyl halides is 2. The van der Waals surface area contributed by atoms with Gasteiger partial charge in [-0.2, -0.15) is 8.78 Å². The van der Waals surface area contributed by atoms with Crippen molar-refractivity contribution in [3.63, 3.8) is 0 Å². The molecule has 0 spiro atoms. The van der Waals surface area contributed by atoms with Crippen LogP contribution in [-0.4, -0.2) is 16.2 Å². The van der Waals surface area contributed by atoms with Crippen LogP contribution in [0.1, 0.15) is 17.2 Å². The predicted octanol–water partition coefficient (Wildman–Crippen LogP) is 5.83. The third-order valence-electron chi connectivity index (χ3n) is 5.05. The van der Waals surface area contributed by atoms with Gasteiger partial charge < -0.3 is 10.1 Å². The minimum atomic E-state index is -2.94. The summed E-state index contributed by atoms with van der Waals surface area (Å²) < 4.78 is 46.2. The van der Waals surface area contributed by atoms with Crippen molar-refractivity contribution >= 4 is 22.7 Å². The Morgan fingerprint density at radius 2 is 1.67 bits per heavy atom. The quantitative estimate of drug-likeness (QED) is 0.462. The van der Waals surface area contributed by atoms with E-state index in [4.69, 9.17) is 4.74 Å². The summed E-state index contributed by atoms with van der Waals surface area (Å²) in [4.78, 5) is 4.66. The summed E-state index contributed by atoms with van der Waals surface area (Å²) in [7, 11) is 0. The van der Waals surface area contributed by atoms with Gasteiger partial charge in [-0.15, -0.1) is 0 Å². The Labute approximate surface area is 170 Å². The Morgan fingerprint density at radius 1 is 0.933 bits per heavy atom. The van der Waals surface area contributed by atoms with Crippen LogP contribution in [0, 0.1) is 5.82 Å². The van der Waals surface area contributed by atoms with Crippen molar-refractivity contribution in [1.82, 2.24) is 9.55 Å². The van der Waals surface area contributed by atoms with Gasteiger partial charge in [0.25, 0.3) is 0 Å². The molecule has 2 heterocycles. The molecule has 0 amide bonds. The largest absolute Gasteiger partial charge is 0.434 e. The van der Waals surface area contributed by atoms with E-state index in [9.17, 15) is 13.2 Å². The lowest BCUT2D eigenvalue weighted by atomic mass is 10.00. The van der Waals surface area contributed by atoms with E-state index in [-0.39, 0.29) is 11.6 Å². The molecule has 150 valence electrons. The topological polar surface area (TPSA) is 39.1 Å². The van der Waals surface area contributed by atoms with E-state index in [0.717, 1.165) is 16.6 Å². The number of benzene rings is 3. The first kappa shape index (κ1) is 18.3. The monoisotopic (exact) mass is 407 g/mol. The highest BCUT2D eigenvalue weighted by Crippen LogP contribution is 2.40. The fourth-order valence-corrected chi connectivity index (χ4v) is 3.76. The normalized spacial score (nSPS) is 15.6. The highest BCUT2D eigenvalue weighted by Gasteiger charge is 2.27. The standard InChI is InChI=1S/C23H16F3N3O/c24-15-11-9-14(10-12-15)18-13-20(16-5-1-4-8-21(16)30-22(25)26)29-19-7-3-2-6-17(19)27-23(29)28-18/h1-13,20,22H,(H,27,28)/t20-/m1/s1. The van der Waals surface area contributed by atoms with Crippen LogP contribution in [0.25, 0.3) is 16.7 Å². The second-order valence-electron chi connectivity index (χ2n) is 6.87. The Bertz CT molecular complexity index is 1250. The first-order valence-corrected chi connectivity index (χ1v) is 9.35. The zero-order valence-electron chi connectivity index (χ0n) is 15.6. The maximum atomic E-state index is 13.4. The Balaban J connectivity index is 1.71. The van der Waals surface area contributed by atoms with Gasteiger partial charge in [0.2, 0.25) is 5.95 Å². The zero-order valence-corrected chi connectivity index (χ0v) is 15.6. The van der Waals surface area contributed by atoms with Crippen LogP contribution < -0.4 is 10.1 Å². The maximum absolute atomic E-state index is 13.4. The van der Waals surface area contributed by atoms with Crippen molar-refractivity contribution in [2.24, 2.45) is 0 Å². The van der Waals surface area contributed by atoms with Crippen molar-refractivity contribution in [3.05, 3.63) is 95.8 Å². The van der Waals surface area contributed by atoms with E-state index in [1.807, 2.05) is 34.9 Å². The van der Waals surface area contributed by atoms with Crippen molar-refractivity contribution in [3.8, 4) is 5.75 Å². The molecule has 1 aliphatic rings. The molecule has 0 aliphatic carbocycles. The molecule has 1 aromatic heterocycles. The molecule has 1 aliphatic heterocycles. The van der Waals surface area contributed by atoms with Crippen LogP contribution in [0.5, 0.6) is 5.75 Å². The molecule has 3 aromatic carbocycles. The van der Waals surface area contributed by atoms with Crippen LogP contribution >= 0.6 is 0 Å². The van der Waals surface area contributed by atoms with Crippen molar-refractivity contribution in [2.45, 2.75) is 12.7 Å². The number of halogens is 3. The summed E-state index contributed by atoms with van der Waals surface area (Å²) in [6.07, 6.45) is 1.90. The molecule has 4 nitrogen and oxygen atoms in total. The van der Waals surface area contributed by atoms with Crippen LogP contribution in [0.2, 0.25) is 0 Å². The number of rotatable bonds is 4. The summed E-state index contributed by atoms with van der Waals surface area (Å²) in [5.41, 5.74) is 3.65. The number of para-hydroxylation sites is 3. The number of imidazole rings is 1. The smallest absolute Gasteiger partial charge is 0.387 e. The molecule has 0 radical (unpaired) electrons. The molecule has 0 saturated heterocycles. The third kappa shape index (κ3) is 3.18. The first-order valence-electron chi connectivity index (χ1n) is 9.35. The number of hydrogen-bond donors (Lipinski definition) is 1. The van der Waals surface area contributed by atoms with E-state index in [2.05, 4.69) is 10.3 Å². The molecular weight excluding hydrogens is 391 g/mol. The summed E-state index contributed by atoms with van der Waals surface area (Å²) >= 11 is 0. The Hall–Kier alpha value is -3.74. The van der Waals surface area contributed by atoms with Gasteiger partial charge in [-0.25, -0.2) is 9.37 Å². The van der Waals surface area contributed by atoms with E-state index in [0.29, 0.717) is 17.2 Å². The summed E-state index contributed by atoms with van der Waals surface area (Å²) in [5, 5.41) is 3.28. The van der Waals surface area contributed by atoms with Crippen molar-refractivity contribution in [2.75, 3.05) is 5.32 Å². The molecule has 1 N–H and O–H groups in total. The van der Waals surface area contributed by atoms with Gasteiger partial charge in [0.05, 0.1) is 17.1 Å². The van der Waals surface area contributed by atoms with E-state index in [1.54, 1.807) is 30.3 Å². The average molecular weight is 407 g/mol. The van der Waals surface area contributed by atoms with Gasteiger partial charge in [-0.05, 0) is 54.1 Å². The highest BCUT2D eigenvalue weighted by atomic mass is 19.3.